The number of amides is 2. The van der Waals surface area contributed by atoms with Crippen LogP contribution in [0.2, 0.25) is 0 Å². The van der Waals surface area contributed by atoms with Gasteiger partial charge in [0.05, 0.1) is 19.8 Å². The Labute approximate surface area is 225 Å². The summed E-state index contributed by atoms with van der Waals surface area (Å²) in [6.45, 7) is 5.69. The number of rotatable bonds is 7. The number of ether oxygens (including phenoxy) is 2. The number of benzene rings is 3. The van der Waals surface area contributed by atoms with E-state index in [9.17, 15) is 9.59 Å². The summed E-state index contributed by atoms with van der Waals surface area (Å²) < 4.78 is 11.7. The number of fused-ring (bicyclic) bond motifs is 1. The van der Waals surface area contributed by atoms with E-state index < -0.39 is 0 Å². The molecule has 0 bridgehead atoms. The van der Waals surface area contributed by atoms with E-state index in [1.54, 1.807) is 0 Å². The van der Waals surface area contributed by atoms with Crippen molar-refractivity contribution in [1.82, 2.24) is 15.5 Å². The molecule has 1 aliphatic rings. The van der Waals surface area contributed by atoms with Crippen LogP contribution in [0.1, 0.15) is 53.2 Å². The summed E-state index contributed by atoms with van der Waals surface area (Å²) in [4.78, 5) is 27.7. The van der Waals surface area contributed by atoms with Crippen LogP contribution >= 0.6 is 0 Å². The minimum absolute atomic E-state index is 0.0212. The van der Waals surface area contributed by atoms with Gasteiger partial charge in [-0.2, -0.15) is 0 Å². The first-order valence-electron chi connectivity index (χ1n) is 13.4. The Morgan fingerprint density at radius 3 is 2.58 bits per heavy atom. The lowest BCUT2D eigenvalue weighted by Crippen LogP contribution is -2.37. The molecule has 4 rings (SSSR count). The van der Waals surface area contributed by atoms with Crippen LogP contribution in [0.3, 0.4) is 0 Å². The number of hydrogen-bond donors (Lipinski definition) is 2. The van der Waals surface area contributed by atoms with Crippen molar-refractivity contribution in [3.8, 4) is 11.5 Å². The minimum atomic E-state index is -0.159. The zero-order valence-electron chi connectivity index (χ0n) is 22.1. The van der Waals surface area contributed by atoms with Crippen LogP contribution in [0, 0.1) is 0 Å². The number of hydrogen-bond acceptors (Lipinski definition) is 5. The van der Waals surface area contributed by atoms with Gasteiger partial charge in [0.2, 0.25) is 5.91 Å². The minimum Gasteiger partial charge on any atom is -0.494 e. The van der Waals surface area contributed by atoms with Crippen molar-refractivity contribution >= 4 is 11.8 Å². The molecule has 0 atom stereocenters. The molecule has 3 aromatic carbocycles. The zero-order chi connectivity index (χ0) is 26.6. The van der Waals surface area contributed by atoms with Gasteiger partial charge in [0.1, 0.15) is 11.5 Å². The number of carbonyl (C=O) groups excluding carboxylic acids is 2. The van der Waals surface area contributed by atoms with Crippen LogP contribution in [0.5, 0.6) is 11.5 Å². The molecule has 7 nitrogen and oxygen atoms in total. The van der Waals surface area contributed by atoms with Crippen molar-refractivity contribution < 1.29 is 19.1 Å². The summed E-state index contributed by atoms with van der Waals surface area (Å²) in [5, 5.41) is 6.04. The fourth-order valence-electron chi connectivity index (χ4n) is 4.44. The van der Waals surface area contributed by atoms with Crippen molar-refractivity contribution in [2.75, 3.05) is 26.3 Å². The number of nitrogens with one attached hydrogen (secondary N) is 2. The van der Waals surface area contributed by atoms with Crippen molar-refractivity contribution in [1.29, 1.82) is 0 Å². The molecular formula is C31H37N3O4. The predicted octanol–water partition coefficient (Wildman–Crippen LogP) is 4.70. The topological polar surface area (TPSA) is 79.9 Å². The molecule has 1 aliphatic heterocycles. The van der Waals surface area contributed by atoms with E-state index in [0.29, 0.717) is 57.3 Å². The molecule has 7 heteroatoms. The van der Waals surface area contributed by atoms with Crippen LogP contribution in [0.4, 0.5) is 0 Å². The average molecular weight is 516 g/mol. The fraction of sp³-hybridized carbons (Fsp3) is 0.355. The van der Waals surface area contributed by atoms with Crippen LogP contribution in [0.25, 0.3) is 0 Å². The predicted molar refractivity (Wildman–Crippen MR) is 148 cm³/mol. The van der Waals surface area contributed by atoms with Gasteiger partial charge in [0.15, 0.2) is 0 Å². The maximum absolute atomic E-state index is 13.0. The first kappa shape index (κ1) is 27.2. The Morgan fingerprint density at radius 2 is 1.79 bits per heavy atom. The molecule has 3 aromatic rings. The Hall–Kier alpha value is -3.84. The van der Waals surface area contributed by atoms with Crippen molar-refractivity contribution in [2.45, 2.75) is 45.8 Å². The Morgan fingerprint density at radius 1 is 0.974 bits per heavy atom. The van der Waals surface area contributed by atoms with E-state index in [1.165, 1.54) is 0 Å². The van der Waals surface area contributed by atoms with Crippen molar-refractivity contribution in [2.24, 2.45) is 0 Å². The van der Waals surface area contributed by atoms with Gasteiger partial charge in [0, 0.05) is 37.3 Å². The third-order valence-corrected chi connectivity index (χ3v) is 6.43. The van der Waals surface area contributed by atoms with Crippen molar-refractivity contribution in [3.05, 3.63) is 95.1 Å². The highest BCUT2D eigenvalue weighted by Crippen LogP contribution is 2.24. The van der Waals surface area contributed by atoms with E-state index in [2.05, 4.69) is 27.7 Å². The molecule has 0 saturated carbocycles. The van der Waals surface area contributed by atoms with E-state index in [-0.39, 0.29) is 11.8 Å². The molecule has 0 aromatic heterocycles. The normalized spacial score (nSPS) is 15.0. The Balaban J connectivity index is 1.49. The molecule has 0 fully saturated rings. The van der Waals surface area contributed by atoms with Crippen molar-refractivity contribution in [3.63, 3.8) is 0 Å². The molecule has 1 heterocycles. The van der Waals surface area contributed by atoms with Gasteiger partial charge in [-0.3, -0.25) is 14.5 Å². The van der Waals surface area contributed by atoms with Gasteiger partial charge < -0.3 is 20.1 Å². The molecule has 0 aliphatic carbocycles. The molecule has 0 unspecified atom stereocenters. The van der Waals surface area contributed by atoms with Gasteiger partial charge in [-0.05, 0) is 61.6 Å². The van der Waals surface area contributed by atoms with Gasteiger partial charge >= 0.3 is 0 Å². The van der Waals surface area contributed by atoms with Crippen LogP contribution < -0.4 is 20.1 Å². The molecule has 200 valence electrons. The van der Waals surface area contributed by atoms with Crippen LogP contribution in [0.15, 0.2) is 72.8 Å². The second-order valence-electron chi connectivity index (χ2n) is 9.47. The fourth-order valence-corrected chi connectivity index (χ4v) is 4.44. The van der Waals surface area contributed by atoms with E-state index >= 15 is 0 Å². The number of carbonyl (C=O) groups is 2. The van der Waals surface area contributed by atoms with E-state index in [1.807, 2.05) is 67.6 Å². The van der Waals surface area contributed by atoms with Gasteiger partial charge in [-0.1, -0.05) is 48.5 Å². The summed E-state index contributed by atoms with van der Waals surface area (Å²) in [6.07, 6.45) is 2.76. The van der Waals surface area contributed by atoms with Crippen LogP contribution in [-0.4, -0.2) is 43.0 Å². The van der Waals surface area contributed by atoms with Gasteiger partial charge in [-0.25, -0.2) is 0 Å². The highest BCUT2D eigenvalue weighted by Gasteiger charge is 2.17. The lowest BCUT2D eigenvalue weighted by molar-refractivity contribution is -0.122. The van der Waals surface area contributed by atoms with Gasteiger partial charge in [-0.15, -0.1) is 0 Å². The van der Waals surface area contributed by atoms with Crippen LogP contribution in [-0.2, 0) is 24.4 Å². The quantitative estimate of drug-likeness (QED) is 0.477. The molecule has 2 amide bonds. The summed E-state index contributed by atoms with van der Waals surface area (Å²) in [5.41, 5.74) is 3.63. The molecular weight excluding hydrogens is 478 g/mol. The highest BCUT2D eigenvalue weighted by molar-refractivity contribution is 5.94. The first-order valence-corrected chi connectivity index (χ1v) is 13.4. The third-order valence-electron chi connectivity index (χ3n) is 6.43. The molecule has 2 N–H and O–H groups in total. The molecule has 38 heavy (non-hydrogen) atoms. The smallest absolute Gasteiger partial charge is 0.251 e. The lowest BCUT2D eigenvalue weighted by Gasteiger charge is -2.23. The van der Waals surface area contributed by atoms with E-state index in [0.717, 1.165) is 41.7 Å². The standard InChI is InChI=1S/C31H37N3O4/c1-2-37-28-15-11-24(12-16-28)20-33-31(36)26-13-14-27-22-34(21-25-9-5-3-6-10-25)23-30(35)32-17-7-4-8-18-38-29(27)19-26/h3,5-6,9-16,19H,2,4,7-8,17-18,20-23H2,1H3,(H,32,35)(H,33,36). The lowest BCUT2D eigenvalue weighted by atomic mass is 10.1. The summed E-state index contributed by atoms with van der Waals surface area (Å²) in [6, 6.07) is 23.4. The zero-order valence-corrected chi connectivity index (χ0v) is 22.1. The first-order chi connectivity index (χ1) is 18.6. The number of nitrogens with zero attached hydrogens (tertiary/aromatic N) is 1. The highest BCUT2D eigenvalue weighted by atomic mass is 16.5. The van der Waals surface area contributed by atoms with Gasteiger partial charge in [0.25, 0.3) is 5.91 Å². The largest absolute Gasteiger partial charge is 0.494 e. The second-order valence-corrected chi connectivity index (χ2v) is 9.47. The maximum Gasteiger partial charge on any atom is 0.251 e. The molecule has 0 radical (unpaired) electrons. The Bertz CT molecular complexity index is 1180. The summed E-state index contributed by atoms with van der Waals surface area (Å²) in [5.74, 6) is 1.37. The molecule has 0 saturated heterocycles. The average Bonchev–Trinajstić information content (AvgIpc) is 2.94. The third kappa shape index (κ3) is 8.35. The monoisotopic (exact) mass is 515 g/mol. The maximum atomic E-state index is 13.0. The Kier molecular flexibility index (Phi) is 10.2. The SMILES string of the molecule is CCOc1ccc(CNC(=O)c2ccc3c(c2)OCCCCCNC(=O)CN(Cc2ccccc2)C3)cc1. The van der Waals surface area contributed by atoms with E-state index in [4.69, 9.17) is 9.47 Å². The second kappa shape index (κ2) is 14.2. The molecule has 0 spiro atoms. The summed E-state index contributed by atoms with van der Waals surface area (Å²) >= 11 is 0. The summed E-state index contributed by atoms with van der Waals surface area (Å²) in [7, 11) is 0.